The van der Waals surface area contributed by atoms with Gasteiger partial charge in [-0.15, -0.1) is 0 Å². The summed E-state index contributed by atoms with van der Waals surface area (Å²) >= 11 is 0. The number of hydrogen-bond donors (Lipinski definition) is 4. The number of alkyl halides is 1. The van der Waals surface area contributed by atoms with Crippen molar-refractivity contribution in [1.82, 2.24) is 20.3 Å². The minimum atomic E-state index is -1.59. The Kier molecular flexibility index (Phi) is 8.22. The highest BCUT2D eigenvalue weighted by molar-refractivity contribution is 5.99. The first kappa shape index (κ1) is 24.0. The van der Waals surface area contributed by atoms with Crippen molar-refractivity contribution in [3.8, 4) is 6.07 Å². The first-order valence-electron chi connectivity index (χ1n) is 10.1. The van der Waals surface area contributed by atoms with E-state index in [0.717, 1.165) is 0 Å². The molecule has 1 atom stereocenters. The van der Waals surface area contributed by atoms with Gasteiger partial charge in [0.2, 0.25) is 5.95 Å². The number of anilines is 3. The molecule has 0 aliphatic rings. The number of rotatable bonds is 10. The van der Waals surface area contributed by atoms with E-state index in [9.17, 15) is 14.3 Å². The third-order valence-electron chi connectivity index (χ3n) is 4.86. The van der Waals surface area contributed by atoms with Gasteiger partial charge < -0.3 is 21.1 Å². The fourth-order valence-electron chi connectivity index (χ4n) is 2.86. The summed E-state index contributed by atoms with van der Waals surface area (Å²) in [6.07, 6.45) is 3.04. The number of nitrogens with zero attached hydrogens (tertiary/aromatic N) is 4. The molecule has 10 heteroatoms. The Balaban J connectivity index is 2.18. The molecule has 1 amide bonds. The van der Waals surface area contributed by atoms with E-state index in [4.69, 9.17) is 5.26 Å². The van der Waals surface area contributed by atoms with E-state index >= 15 is 0 Å². The summed E-state index contributed by atoms with van der Waals surface area (Å²) in [6.45, 7) is 6.93. The molecule has 2 rings (SSSR count). The van der Waals surface area contributed by atoms with Crippen LogP contribution >= 0.6 is 0 Å². The molecule has 2 heterocycles. The molecule has 0 bridgehead atoms. The number of aromatic nitrogens is 3. The summed E-state index contributed by atoms with van der Waals surface area (Å²) in [5.41, 5.74) is -0.407. The largest absolute Gasteiger partial charge is 0.387 e. The quantitative estimate of drug-likeness (QED) is 0.453. The van der Waals surface area contributed by atoms with E-state index in [1.54, 1.807) is 19.9 Å². The van der Waals surface area contributed by atoms with Gasteiger partial charge in [0, 0.05) is 18.3 Å². The fraction of sp³-hybridized carbons (Fsp3) is 0.476. The minimum Gasteiger partial charge on any atom is -0.387 e. The number of pyridine rings is 1. The Bertz CT molecular complexity index is 924. The summed E-state index contributed by atoms with van der Waals surface area (Å²) in [6, 6.07) is 3.58. The Morgan fingerprint density at radius 3 is 2.42 bits per heavy atom. The van der Waals surface area contributed by atoms with Crippen LogP contribution in [0.4, 0.5) is 21.8 Å². The highest BCUT2D eigenvalue weighted by Gasteiger charge is 2.33. The molecule has 1 unspecified atom stereocenters. The van der Waals surface area contributed by atoms with E-state index in [1.807, 2.05) is 19.9 Å². The summed E-state index contributed by atoms with van der Waals surface area (Å²) in [7, 11) is 0. The van der Waals surface area contributed by atoms with Crippen molar-refractivity contribution in [1.29, 1.82) is 5.26 Å². The van der Waals surface area contributed by atoms with Gasteiger partial charge in [-0.05, 0) is 26.7 Å². The van der Waals surface area contributed by atoms with Gasteiger partial charge in [0.25, 0.3) is 5.91 Å². The Hall–Kier alpha value is -3.32. The van der Waals surface area contributed by atoms with Crippen LogP contribution in [0.1, 0.15) is 56.5 Å². The monoisotopic (exact) mass is 429 g/mol. The van der Waals surface area contributed by atoms with E-state index < -0.39 is 17.7 Å². The van der Waals surface area contributed by atoms with Gasteiger partial charge in [-0.3, -0.25) is 4.79 Å². The number of carbonyl (C=O) groups is 1. The number of aliphatic hydroxyl groups is 1. The molecule has 0 radical (unpaired) electrons. The van der Waals surface area contributed by atoms with Gasteiger partial charge >= 0.3 is 0 Å². The number of halogens is 1. The third kappa shape index (κ3) is 6.33. The minimum absolute atomic E-state index is 0.0205. The molecule has 0 aromatic carbocycles. The Morgan fingerprint density at radius 2 is 1.87 bits per heavy atom. The van der Waals surface area contributed by atoms with Crippen LogP contribution in [0.3, 0.4) is 0 Å². The molecule has 4 N–H and O–H groups in total. The van der Waals surface area contributed by atoms with E-state index in [-0.39, 0.29) is 36.9 Å². The molecule has 31 heavy (non-hydrogen) atoms. The number of carbonyl (C=O) groups excluding carboxylic acids is 1. The maximum atomic E-state index is 14.5. The topological polar surface area (TPSA) is 136 Å². The lowest BCUT2D eigenvalue weighted by atomic mass is 9.91. The van der Waals surface area contributed by atoms with E-state index in [1.165, 1.54) is 18.6 Å². The normalized spacial score (nSPS) is 12.2. The van der Waals surface area contributed by atoms with Crippen LogP contribution in [-0.2, 0) is 0 Å². The smallest absolute Gasteiger partial charge is 0.255 e. The van der Waals surface area contributed by atoms with Crippen LogP contribution in [0, 0.1) is 11.3 Å². The lowest BCUT2D eigenvalue weighted by Gasteiger charge is -2.29. The molecule has 0 aliphatic heterocycles. The summed E-state index contributed by atoms with van der Waals surface area (Å²) < 4.78 is 14.5. The van der Waals surface area contributed by atoms with Gasteiger partial charge in [0.15, 0.2) is 0 Å². The number of amides is 1. The summed E-state index contributed by atoms with van der Waals surface area (Å²) in [4.78, 5) is 25.0. The molecule has 0 fully saturated rings. The second-order valence-electron chi connectivity index (χ2n) is 7.43. The highest BCUT2D eigenvalue weighted by Crippen LogP contribution is 2.23. The Labute approximate surface area is 181 Å². The van der Waals surface area contributed by atoms with Crippen molar-refractivity contribution in [2.75, 3.05) is 17.2 Å². The van der Waals surface area contributed by atoms with Crippen molar-refractivity contribution >= 4 is 23.4 Å². The van der Waals surface area contributed by atoms with Gasteiger partial charge in [-0.1, -0.05) is 13.8 Å². The van der Waals surface area contributed by atoms with Crippen molar-refractivity contribution < 1.29 is 14.3 Å². The zero-order valence-corrected chi connectivity index (χ0v) is 18.1. The number of nitrogens with one attached hydrogen (secondary N) is 3. The maximum absolute atomic E-state index is 14.5. The molecule has 166 valence electrons. The van der Waals surface area contributed by atoms with Crippen molar-refractivity contribution in [2.24, 2.45) is 0 Å². The van der Waals surface area contributed by atoms with Gasteiger partial charge in [-0.2, -0.15) is 5.26 Å². The number of nitriles is 1. The van der Waals surface area contributed by atoms with Crippen LogP contribution in [-0.4, -0.2) is 50.3 Å². The molecular weight excluding hydrogens is 401 g/mol. The van der Waals surface area contributed by atoms with Crippen LogP contribution in [0.25, 0.3) is 0 Å². The van der Waals surface area contributed by atoms with Gasteiger partial charge in [0.1, 0.15) is 18.1 Å². The second-order valence-corrected chi connectivity index (χ2v) is 7.43. The van der Waals surface area contributed by atoms with Crippen molar-refractivity contribution in [2.45, 2.75) is 58.4 Å². The molecule has 0 spiro atoms. The molecule has 2 aromatic rings. The molecular formula is C21H28FN7O2. The second kappa shape index (κ2) is 10.6. The lowest BCUT2D eigenvalue weighted by molar-refractivity contribution is -0.0399. The van der Waals surface area contributed by atoms with E-state index in [2.05, 4.69) is 30.9 Å². The predicted octanol–water partition coefficient (Wildman–Crippen LogP) is 2.93. The fourth-order valence-corrected chi connectivity index (χ4v) is 2.86. The summed E-state index contributed by atoms with van der Waals surface area (Å²) in [5, 5.41) is 27.7. The number of hydrogen-bond acceptors (Lipinski definition) is 8. The van der Waals surface area contributed by atoms with Gasteiger partial charge in [-0.25, -0.2) is 19.3 Å². The molecule has 2 aromatic heterocycles. The lowest BCUT2D eigenvalue weighted by Crippen LogP contribution is -2.45. The van der Waals surface area contributed by atoms with Crippen LogP contribution in [0.2, 0.25) is 0 Å². The third-order valence-corrected chi connectivity index (χ3v) is 4.86. The predicted molar refractivity (Wildman–Crippen MR) is 116 cm³/mol. The molecule has 0 aliphatic carbocycles. The average molecular weight is 430 g/mol. The first-order valence-corrected chi connectivity index (χ1v) is 10.1. The van der Waals surface area contributed by atoms with Crippen molar-refractivity contribution in [3.63, 3.8) is 0 Å². The van der Waals surface area contributed by atoms with E-state index in [0.29, 0.717) is 17.1 Å². The van der Waals surface area contributed by atoms with Gasteiger partial charge in [0.05, 0.1) is 41.4 Å². The Morgan fingerprint density at radius 1 is 1.23 bits per heavy atom. The first-order chi connectivity index (χ1) is 14.7. The maximum Gasteiger partial charge on any atom is 0.255 e. The van der Waals surface area contributed by atoms with Crippen LogP contribution in [0.5, 0.6) is 0 Å². The average Bonchev–Trinajstić information content (AvgIpc) is 2.77. The molecule has 0 saturated heterocycles. The van der Waals surface area contributed by atoms with Crippen molar-refractivity contribution in [3.05, 3.63) is 35.8 Å². The molecule has 9 nitrogen and oxygen atoms in total. The SMILES string of the molecule is CCC(O)(CC)C(F)CNC(=O)c1cnc(Nc2ncc(C#N)cn2)cc1NC(C)C. The molecule has 0 saturated carbocycles. The highest BCUT2D eigenvalue weighted by atomic mass is 19.1. The van der Waals surface area contributed by atoms with Crippen LogP contribution < -0.4 is 16.0 Å². The zero-order valence-electron chi connectivity index (χ0n) is 18.1. The summed E-state index contributed by atoms with van der Waals surface area (Å²) in [5.74, 6) is 0.131. The van der Waals surface area contributed by atoms with Crippen LogP contribution in [0.15, 0.2) is 24.7 Å². The zero-order chi connectivity index (χ0) is 23.0. The standard InChI is InChI=1S/C21H28FN7O2/c1-5-21(31,6-2)17(22)12-25-19(30)15-11-24-18(7-16(15)28-13(3)4)29-20-26-9-14(8-23)10-27-20/h7,9-11,13,17,31H,5-6,12H2,1-4H3,(H,25,30)(H2,24,26,27,28,29).